The number of nitrogens with one attached hydrogen (secondary N) is 1. The van der Waals surface area contributed by atoms with E-state index in [1.807, 2.05) is 0 Å². The lowest BCUT2D eigenvalue weighted by Gasteiger charge is -2.12. The predicted molar refractivity (Wildman–Crippen MR) is 90.3 cm³/mol. The van der Waals surface area contributed by atoms with E-state index in [2.05, 4.69) is 27.7 Å². The first-order valence-electron chi connectivity index (χ1n) is 7.42. The van der Waals surface area contributed by atoms with Crippen LogP contribution in [0.25, 0.3) is 0 Å². The Bertz CT molecular complexity index is 776. The lowest BCUT2D eigenvalue weighted by Crippen LogP contribution is -2.30. The third-order valence-corrected chi connectivity index (χ3v) is 6.20. The molecule has 0 aromatic heterocycles. The number of benzene rings is 1. The molecule has 0 saturated heterocycles. The second-order valence-corrected chi connectivity index (χ2v) is 9.38. The first-order valence-corrected chi connectivity index (χ1v) is 9.69. The van der Waals surface area contributed by atoms with Gasteiger partial charge in [0.2, 0.25) is 10.0 Å². The normalized spacial score (nSPS) is 19.0. The van der Waals surface area contributed by atoms with E-state index in [0.717, 1.165) is 12.3 Å². The smallest absolute Gasteiger partial charge is 0.267 e. The van der Waals surface area contributed by atoms with Crippen LogP contribution in [0.5, 0.6) is 5.75 Å². The minimum atomic E-state index is -3.79. The molecule has 0 aliphatic heterocycles. The molecule has 24 heavy (non-hydrogen) atoms. The molecule has 0 unspecified atom stereocenters. The van der Waals surface area contributed by atoms with E-state index >= 15 is 0 Å². The summed E-state index contributed by atoms with van der Waals surface area (Å²) in [7, 11) is -3.79. The summed E-state index contributed by atoms with van der Waals surface area (Å²) in [5.41, 5.74) is -0.217. The molecule has 1 aromatic carbocycles. The van der Waals surface area contributed by atoms with E-state index in [1.54, 1.807) is 4.72 Å². The van der Waals surface area contributed by atoms with E-state index in [1.165, 1.54) is 6.07 Å². The predicted octanol–water partition coefficient (Wildman–Crippen LogP) is 3.23. The molecule has 1 N–H and O–H groups in total. The Morgan fingerprint density at radius 1 is 1.29 bits per heavy atom. The summed E-state index contributed by atoms with van der Waals surface area (Å²) in [5.74, 6) is -1.65. The Hall–Kier alpha value is -1.34. The van der Waals surface area contributed by atoms with Crippen LogP contribution in [-0.2, 0) is 10.0 Å². The van der Waals surface area contributed by atoms with Gasteiger partial charge in [-0.2, -0.15) is 0 Å². The second-order valence-electron chi connectivity index (χ2n) is 7.25. The van der Waals surface area contributed by atoms with E-state index in [-0.39, 0.29) is 21.6 Å². The number of carbonyl (C=O) groups excluding carboxylic acids is 1. The summed E-state index contributed by atoms with van der Waals surface area (Å²) < 4.78 is 43.7. The molecule has 0 radical (unpaired) electrons. The van der Waals surface area contributed by atoms with Crippen LogP contribution in [0.2, 0.25) is 5.02 Å². The second kappa shape index (κ2) is 5.88. The van der Waals surface area contributed by atoms with Gasteiger partial charge in [0.05, 0.1) is 18.4 Å². The fraction of sp³-hybridized carbons (Fsp3) is 0.562. The summed E-state index contributed by atoms with van der Waals surface area (Å²) in [4.78, 5) is 11.8. The van der Waals surface area contributed by atoms with E-state index in [0.29, 0.717) is 12.5 Å². The third kappa shape index (κ3) is 3.37. The van der Waals surface area contributed by atoms with E-state index in [9.17, 15) is 17.6 Å². The summed E-state index contributed by atoms with van der Waals surface area (Å²) in [6, 6.07) is 2.52. The SMILES string of the molecule is CC1(C)C(COc2ccc(C(=O)NS(C)(=O)=O)c(F)c2Cl)C1(C)C. The van der Waals surface area contributed by atoms with Crippen molar-refractivity contribution in [3.63, 3.8) is 0 Å². The number of carbonyl (C=O) groups is 1. The van der Waals surface area contributed by atoms with Crippen molar-refractivity contribution in [2.75, 3.05) is 12.9 Å². The third-order valence-electron chi connectivity index (χ3n) is 5.29. The molecule has 0 spiro atoms. The van der Waals surface area contributed by atoms with Gasteiger partial charge in [-0.05, 0) is 23.0 Å². The number of ether oxygens (including phenoxy) is 1. The molecule has 1 aliphatic carbocycles. The Balaban J connectivity index is 2.15. The van der Waals surface area contributed by atoms with Crippen molar-refractivity contribution in [2.45, 2.75) is 27.7 Å². The Labute approximate surface area is 146 Å². The molecule has 1 aromatic rings. The van der Waals surface area contributed by atoms with Gasteiger partial charge < -0.3 is 4.74 Å². The average molecular weight is 378 g/mol. The zero-order valence-electron chi connectivity index (χ0n) is 14.2. The molecule has 5 nitrogen and oxygen atoms in total. The van der Waals surface area contributed by atoms with Crippen molar-refractivity contribution >= 4 is 27.5 Å². The molecule has 1 fully saturated rings. The summed E-state index contributed by atoms with van der Waals surface area (Å²) in [5, 5.41) is -0.340. The van der Waals surface area contributed by atoms with E-state index in [4.69, 9.17) is 16.3 Å². The highest BCUT2D eigenvalue weighted by atomic mass is 35.5. The summed E-state index contributed by atoms with van der Waals surface area (Å²) in [6.07, 6.45) is 0.807. The summed E-state index contributed by atoms with van der Waals surface area (Å²) in [6.45, 7) is 8.95. The molecule has 2 rings (SSSR count). The molecule has 1 saturated carbocycles. The van der Waals surface area contributed by atoms with Crippen LogP contribution in [0.15, 0.2) is 12.1 Å². The van der Waals surface area contributed by atoms with Crippen molar-refractivity contribution in [2.24, 2.45) is 16.7 Å². The first kappa shape index (κ1) is 19.0. The van der Waals surface area contributed by atoms with Gasteiger partial charge in [0.1, 0.15) is 10.8 Å². The maximum atomic E-state index is 14.3. The molecule has 1 amide bonds. The van der Waals surface area contributed by atoms with Crippen molar-refractivity contribution in [3.05, 3.63) is 28.5 Å². The standard InChI is InChI=1S/C16H21ClFNO4S/c1-15(2)11(16(15,3)4)8-23-10-7-6-9(13(18)12(10)17)14(20)19-24(5,21)22/h6-7,11H,8H2,1-5H3,(H,19,20). The Morgan fingerprint density at radius 2 is 1.83 bits per heavy atom. The first-order chi connectivity index (χ1) is 10.8. The molecular weight excluding hydrogens is 357 g/mol. The molecular formula is C16H21ClFNO4S. The van der Waals surface area contributed by atoms with Gasteiger partial charge in [0.25, 0.3) is 5.91 Å². The van der Waals surface area contributed by atoms with Gasteiger partial charge >= 0.3 is 0 Å². The van der Waals surface area contributed by atoms with Gasteiger partial charge in [-0.15, -0.1) is 0 Å². The monoisotopic (exact) mass is 377 g/mol. The minimum absolute atomic E-state index is 0.118. The highest BCUT2D eigenvalue weighted by Gasteiger charge is 2.64. The molecule has 1 aliphatic rings. The van der Waals surface area contributed by atoms with Crippen LogP contribution >= 0.6 is 11.6 Å². The minimum Gasteiger partial charge on any atom is -0.492 e. The van der Waals surface area contributed by atoms with Crippen LogP contribution < -0.4 is 9.46 Å². The fourth-order valence-electron chi connectivity index (χ4n) is 2.96. The van der Waals surface area contributed by atoms with Crippen LogP contribution in [0.3, 0.4) is 0 Å². The molecule has 0 bridgehead atoms. The van der Waals surface area contributed by atoms with Crippen molar-refractivity contribution in [1.82, 2.24) is 4.72 Å². The van der Waals surface area contributed by atoms with Gasteiger partial charge in [-0.3, -0.25) is 4.79 Å². The zero-order valence-corrected chi connectivity index (χ0v) is 15.8. The van der Waals surface area contributed by atoms with Gasteiger partial charge in [-0.1, -0.05) is 39.3 Å². The number of rotatable bonds is 5. The lowest BCUT2D eigenvalue weighted by molar-refractivity contribution is 0.0977. The average Bonchev–Trinajstić information content (AvgIpc) is 2.79. The van der Waals surface area contributed by atoms with Crippen molar-refractivity contribution in [1.29, 1.82) is 0 Å². The molecule has 0 atom stereocenters. The van der Waals surface area contributed by atoms with Crippen molar-refractivity contribution in [3.8, 4) is 5.75 Å². The number of hydrogen-bond acceptors (Lipinski definition) is 4. The van der Waals surface area contributed by atoms with Crippen molar-refractivity contribution < 1.29 is 22.3 Å². The number of halogens is 2. The van der Waals surface area contributed by atoms with Crippen LogP contribution in [-0.4, -0.2) is 27.2 Å². The number of amides is 1. The van der Waals surface area contributed by atoms with Gasteiger partial charge in [0, 0.05) is 5.92 Å². The molecule has 134 valence electrons. The van der Waals surface area contributed by atoms with E-state index < -0.39 is 27.3 Å². The number of hydrogen-bond donors (Lipinski definition) is 1. The van der Waals surface area contributed by atoms with Gasteiger partial charge in [-0.25, -0.2) is 17.5 Å². The van der Waals surface area contributed by atoms with Crippen LogP contribution in [0, 0.1) is 22.6 Å². The van der Waals surface area contributed by atoms with Gasteiger partial charge in [0.15, 0.2) is 5.82 Å². The Kier molecular flexibility index (Phi) is 4.65. The molecule has 8 heteroatoms. The lowest BCUT2D eigenvalue weighted by atomic mass is 10.0. The fourth-order valence-corrected chi connectivity index (χ4v) is 3.63. The maximum absolute atomic E-state index is 14.3. The van der Waals surface area contributed by atoms with Crippen LogP contribution in [0.4, 0.5) is 4.39 Å². The maximum Gasteiger partial charge on any atom is 0.267 e. The largest absolute Gasteiger partial charge is 0.492 e. The summed E-state index contributed by atoms with van der Waals surface area (Å²) >= 11 is 5.93. The zero-order chi connectivity index (χ0) is 18.5. The topological polar surface area (TPSA) is 72.5 Å². The number of sulfonamides is 1. The highest BCUT2D eigenvalue weighted by Crippen LogP contribution is 2.68. The highest BCUT2D eigenvalue weighted by molar-refractivity contribution is 7.89. The van der Waals surface area contributed by atoms with Crippen LogP contribution in [0.1, 0.15) is 38.1 Å². The molecule has 0 heterocycles. The quantitative estimate of drug-likeness (QED) is 0.855. The Morgan fingerprint density at radius 3 is 2.29 bits per heavy atom.